The van der Waals surface area contributed by atoms with Crippen LogP contribution in [-0.2, 0) is 4.74 Å². The van der Waals surface area contributed by atoms with Crippen molar-refractivity contribution in [3.63, 3.8) is 0 Å². The molecular weight excluding hydrogens is 276 g/mol. The van der Waals surface area contributed by atoms with Crippen molar-refractivity contribution in [1.29, 1.82) is 0 Å². The smallest absolute Gasteiger partial charge is 0.340 e. The average Bonchev–Trinajstić information content (AvgIpc) is 2.84. The molecule has 0 aliphatic carbocycles. The number of hydrogen-bond acceptors (Lipinski definition) is 4. The second-order valence-electron chi connectivity index (χ2n) is 5.52. The second-order valence-corrected chi connectivity index (χ2v) is 5.52. The minimum Gasteiger partial charge on any atom is -0.432 e. The van der Waals surface area contributed by atoms with Gasteiger partial charge < -0.3 is 9.64 Å². The van der Waals surface area contributed by atoms with Gasteiger partial charge in [0.1, 0.15) is 0 Å². The normalized spacial score (nSPS) is 17.5. The summed E-state index contributed by atoms with van der Waals surface area (Å²) in [6.45, 7) is 0.681. The molecule has 1 aliphatic rings. The summed E-state index contributed by atoms with van der Waals surface area (Å²) in [6.07, 6.45) is -0.557. The van der Waals surface area contributed by atoms with Crippen molar-refractivity contribution in [2.45, 2.75) is 6.23 Å². The molecule has 1 unspecified atom stereocenters. The first-order valence-corrected chi connectivity index (χ1v) is 7.22. The molecule has 0 N–H and O–H groups in total. The van der Waals surface area contributed by atoms with E-state index in [0.717, 1.165) is 16.8 Å². The van der Waals surface area contributed by atoms with Gasteiger partial charge in [-0.2, -0.15) is 0 Å². The summed E-state index contributed by atoms with van der Waals surface area (Å²) in [5.41, 5.74) is 3.38. The van der Waals surface area contributed by atoms with Crippen LogP contribution in [0.15, 0.2) is 59.6 Å². The number of cyclic esters (lactones) is 1. The quantitative estimate of drug-likeness (QED) is 0.643. The zero-order valence-corrected chi connectivity index (χ0v) is 12.7. The summed E-state index contributed by atoms with van der Waals surface area (Å²) >= 11 is 0. The number of likely N-dealkylation sites (N-methyl/N-ethyl adjacent to an activating group) is 1. The Morgan fingerprint density at radius 2 is 1.77 bits per heavy atom. The van der Waals surface area contributed by atoms with Gasteiger partial charge in [0.05, 0.1) is 11.3 Å². The maximum atomic E-state index is 11.9. The first-order chi connectivity index (χ1) is 10.6. The maximum Gasteiger partial charge on any atom is 0.340 e. The van der Waals surface area contributed by atoms with Gasteiger partial charge in [-0.3, -0.25) is 0 Å². The van der Waals surface area contributed by atoms with E-state index >= 15 is 0 Å². The largest absolute Gasteiger partial charge is 0.432 e. The number of esters is 1. The molecule has 0 spiro atoms. The fourth-order valence-electron chi connectivity index (χ4n) is 2.50. The first-order valence-electron chi connectivity index (χ1n) is 7.22. The number of carbonyl (C=O) groups is 1. The SMILES string of the molecule is CN(C)CC(=NC1OC(=O)c2ccccc21)c1ccccc1. The van der Waals surface area contributed by atoms with E-state index in [9.17, 15) is 4.79 Å². The lowest BCUT2D eigenvalue weighted by Gasteiger charge is -2.15. The van der Waals surface area contributed by atoms with Crippen LogP contribution in [0.5, 0.6) is 0 Å². The van der Waals surface area contributed by atoms with Gasteiger partial charge >= 0.3 is 5.97 Å². The minimum absolute atomic E-state index is 0.304. The van der Waals surface area contributed by atoms with Crippen molar-refractivity contribution in [3.8, 4) is 0 Å². The van der Waals surface area contributed by atoms with E-state index < -0.39 is 6.23 Å². The predicted molar refractivity (Wildman–Crippen MR) is 86.1 cm³/mol. The highest BCUT2D eigenvalue weighted by molar-refractivity contribution is 6.02. The highest BCUT2D eigenvalue weighted by atomic mass is 16.6. The fourth-order valence-corrected chi connectivity index (χ4v) is 2.50. The third-order valence-electron chi connectivity index (χ3n) is 3.51. The van der Waals surface area contributed by atoms with Crippen molar-refractivity contribution in [2.24, 2.45) is 4.99 Å². The third kappa shape index (κ3) is 2.92. The number of carbonyl (C=O) groups excluding carboxylic acids is 1. The highest BCUT2D eigenvalue weighted by Crippen LogP contribution is 2.31. The van der Waals surface area contributed by atoms with E-state index in [2.05, 4.69) is 4.90 Å². The maximum absolute atomic E-state index is 11.9. The number of nitrogens with zero attached hydrogens (tertiary/aromatic N) is 2. The van der Waals surface area contributed by atoms with Gasteiger partial charge in [-0.1, -0.05) is 48.5 Å². The lowest BCUT2D eigenvalue weighted by atomic mass is 10.1. The van der Waals surface area contributed by atoms with E-state index in [1.807, 2.05) is 62.6 Å². The monoisotopic (exact) mass is 294 g/mol. The third-order valence-corrected chi connectivity index (χ3v) is 3.51. The van der Waals surface area contributed by atoms with Crippen molar-refractivity contribution in [3.05, 3.63) is 71.3 Å². The van der Waals surface area contributed by atoms with E-state index in [1.54, 1.807) is 6.07 Å². The Balaban J connectivity index is 1.99. The van der Waals surface area contributed by atoms with Crippen LogP contribution in [0.4, 0.5) is 0 Å². The van der Waals surface area contributed by atoms with Crippen molar-refractivity contribution >= 4 is 11.7 Å². The molecule has 3 rings (SSSR count). The second kappa shape index (κ2) is 6.12. The van der Waals surface area contributed by atoms with Gasteiger partial charge in [-0.25, -0.2) is 9.79 Å². The van der Waals surface area contributed by atoms with Gasteiger partial charge in [-0.15, -0.1) is 0 Å². The lowest BCUT2D eigenvalue weighted by Crippen LogP contribution is -2.23. The van der Waals surface area contributed by atoms with Crippen LogP contribution in [0.2, 0.25) is 0 Å². The Labute approximate surface area is 130 Å². The lowest BCUT2D eigenvalue weighted by molar-refractivity contribution is 0.0404. The standard InChI is InChI=1S/C18H18N2O2/c1-20(2)12-16(13-8-4-3-5-9-13)19-17-14-10-6-7-11-15(14)18(21)22-17/h3-11,17H,12H2,1-2H3. The average molecular weight is 294 g/mol. The van der Waals surface area contributed by atoms with Gasteiger partial charge in [-0.05, 0) is 25.7 Å². The van der Waals surface area contributed by atoms with Gasteiger partial charge in [0.15, 0.2) is 0 Å². The molecule has 4 heteroatoms. The molecule has 0 bridgehead atoms. The van der Waals surface area contributed by atoms with Crippen molar-refractivity contribution in [2.75, 3.05) is 20.6 Å². The van der Waals surface area contributed by atoms with E-state index in [-0.39, 0.29) is 5.97 Å². The predicted octanol–water partition coefficient (Wildman–Crippen LogP) is 2.91. The molecule has 112 valence electrons. The summed E-state index contributed by atoms with van der Waals surface area (Å²) in [6, 6.07) is 17.4. The number of aliphatic imine (C=N–C) groups is 1. The Morgan fingerprint density at radius 3 is 2.50 bits per heavy atom. The Morgan fingerprint density at radius 1 is 1.09 bits per heavy atom. The number of benzene rings is 2. The molecule has 1 heterocycles. The van der Waals surface area contributed by atoms with Gasteiger partial charge in [0.25, 0.3) is 0 Å². The topological polar surface area (TPSA) is 41.9 Å². The summed E-state index contributed by atoms with van der Waals surface area (Å²) in [4.78, 5) is 18.7. The molecule has 2 aromatic rings. The van der Waals surface area contributed by atoms with E-state index in [0.29, 0.717) is 12.1 Å². The van der Waals surface area contributed by atoms with Crippen LogP contribution in [0, 0.1) is 0 Å². The van der Waals surface area contributed by atoms with Crippen molar-refractivity contribution in [1.82, 2.24) is 4.90 Å². The molecule has 0 amide bonds. The molecule has 22 heavy (non-hydrogen) atoms. The first kappa shape index (κ1) is 14.5. The van der Waals surface area contributed by atoms with Crippen LogP contribution < -0.4 is 0 Å². The fraction of sp³-hybridized carbons (Fsp3) is 0.222. The molecule has 4 nitrogen and oxygen atoms in total. The minimum atomic E-state index is -0.557. The summed E-state index contributed by atoms with van der Waals surface area (Å²) in [7, 11) is 3.99. The summed E-state index contributed by atoms with van der Waals surface area (Å²) < 4.78 is 5.42. The molecule has 1 aliphatic heterocycles. The molecule has 2 aromatic carbocycles. The van der Waals surface area contributed by atoms with E-state index in [4.69, 9.17) is 9.73 Å². The molecular formula is C18H18N2O2. The Bertz CT molecular complexity index is 708. The van der Waals surface area contributed by atoms with Crippen molar-refractivity contribution < 1.29 is 9.53 Å². The molecule has 0 fully saturated rings. The Hall–Kier alpha value is -2.46. The van der Waals surface area contributed by atoms with Crippen LogP contribution in [-0.4, -0.2) is 37.2 Å². The molecule has 0 saturated carbocycles. The van der Waals surface area contributed by atoms with Crippen LogP contribution in [0.3, 0.4) is 0 Å². The zero-order valence-electron chi connectivity index (χ0n) is 12.7. The molecule has 0 radical (unpaired) electrons. The highest BCUT2D eigenvalue weighted by Gasteiger charge is 2.30. The van der Waals surface area contributed by atoms with Crippen LogP contribution >= 0.6 is 0 Å². The van der Waals surface area contributed by atoms with E-state index in [1.165, 1.54) is 0 Å². The molecule has 1 atom stereocenters. The number of rotatable bonds is 4. The van der Waals surface area contributed by atoms with Crippen LogP contribution in [0.1, 0.15) is 27.7 Å². The summed E-state index contributed by atoms with van der Waals surface area (Å²) in [5.74, 6) is -0.304. The zero-order chi connectivity index (χ0) is 15.5. The number of ether oxygens (including phenoxy) is 1. The summed E-state index contributed by atoms with van der Waals surface area (Å²) in [5, 5.41) is 0. The van der Waals surface area contributed by atoms with Crippen LogP contribution in [0.25, 0.3) is 0 Å². The number of fused-ring (bicyclic) bond motifs is 1. The molecule has 0 saturated heterocycles. The van der Waals surface area contributed by atoms with Gasteiger partial charge in [0.2, 0.25) is 6.23 Å². The van der Waals surface area contributed by atoms with Gasteiger partial charge in [0, 0.05) is 12.1 Å². The number of hydrogen-bond donors (Lipinski definition) is 0. The molecule has 0 aromatic heterocycles. The Kier molecular flexibility index (Phi) is 4.02.